The highest BCUT2D eigenvalue weighted by atomic mass is 79.9. The lowest BCUT2D eigenvalue weighted by atomic mass is 9.95. The quantitative estimate of drug-likeness (QED) is 0.714. The Labute approximate surface area is 125 Å². The molecule has 0 fully saturated rings. The summed E-state index contributed by atoms with van der Waals surface area (Å²) >= 11 is 5.37. The van der Waals surface area contributed by atoms with E-state index in [0.717, 1.165) is 4.47 Å². The van der Waals surface area contributed by atoms with E-state index in [1.165, 1.54) is 21.9 Å². The van der Waals surface area contributed by atoms with E-state index in [1.54, 1.807) is 11.3 Å². The molecule has 3 rings (SSSR count). The number of thiophene rings is 1. The standard InChI is InChI=1S/C16H14BrNS/c1-18-16(11-8-9-19-10-11)14-6-7-15(17)13-5-3-2-4-12(13)14/h2-10,16,18H,1H3. The van der Waals surface area contributed by atoms with Crippen LogP contribution in [0.3, 0.4) is 0 Å². The van der Waals surface area contributed by atoms with Gasteiger partial charge in [0.1, 0.15) is 0 Å². The van der Waals surface area contributed by atoms with Gasteiger partial charge < -0.3 is 5.32 Å². The molecule has 0 spiro atoms. The van der Waals surface area contributed by atoms with E-state index in [-0.39, 0.29) is 6.04 Å². The van der Waals surface area contributed by atoms with Crippen LogP contribution in [0.15, 0.2) is 57.7 Å². The number of nitrogens with one attached hydrogen (secondary N) is 1. The predicted molar refractivity (Wildman–Crippen MR) is 86.9 cm³/mol. The Morgan fingerprint density at radius 1 is 1.05 bits per heavy atom. The van der Waals surface area contributed by atoms with E-state index in [0.29, 0.717) is 0 Å². The van der Waals surface area contributed by atoms with E-state index in [1.807, 2.05) is 7.05 Å². The summed E-state index contributed by atoms with van der Waals surface area (Å²) in [4.78, 5) is 0. The summed E-state index contributed by atoms with van der Waals surface area (Å²) in [5, 5.41) is 10.3. The highest BCUT2D eigenvalue weighted by Gasteiger charge is 2.15. The first-order valence-corrected chi connectivity index (χ1v) is 7.91. The highest BCUT2D eigenvalue weighted by molar-refractivity contribution is 9.10. The van der Waals surface area contributed by atoms with Crippen LogP contribution in [0.1, 0.15) is 17.2 Å². The molecule has 0 aliphatic heterocycles. The van der Waals surface area contributed by atoms with E-state index in [2.05, 4.69) is 74.5 Å². The molecule has 0 aliphatic rings. The summed E-state index contributed by atoms with van der Waals surface area (Å²) in [6.07, 6.45) is 0. The van der Waals surface area contributed by atoms with Gasteiger partial charge in [0.2, 0.25) is 0 Å². The Kier molecular flexibility index (Phi) is 3.69. The third-order valence-electron chi connectivity index (χ3n) is 3.38. The Morgan fingerprint density at radius 3 is 2.53 bits per heavy atom. The SMILES string of the molecule is CNC(c1ccsc1)c1ccc(Br)c2ccccc12. The van der Waals surface area contributed by atoms with Crippen LogP contribution in [0.2, 0.25) is 0 Å². The summed E-state index contributed by atoms with van der Waals surface area (Å²) in [6, 6.07) is 15.3. The van der Waals surface area contributed by atoms with Crippen LogP contribution in [-0.4, -0.2) is 7.05 Å². The molecule has 0 saturated carbocycles. The first-order valence-electron chi connectivity index (χ1n) is 6.18. The Bertz CT molecular complexity index is 691. The maximum absolute atomic E-state index is 3.63. The fourth-order valence-corrected chi connectivity index (χ4v) is 3.64. The van der Waals surface area contributed by atoms with Crippen LogP contribution in [-0.2, 0) is 0 Å². The molecule has 96 valence electrons. The maximum atomic E-state index is 3.63. The van der Waals surface area contributed by atoms with Crippen LogP contribution in [0, 0.1) is 0 Å². The maximum Gasteiger partial charge on any atom is 0.0588 e. The van der Waals surface area contributed by atoms with Gasteiger partial charge in [0.05, 0.1) is 6.04 Å². The molecule has 0 aliphatic carbocycles. The van der Waals surface area contributed by atoms with Crippen molar-refractivity contribution in [1.82, 2.24) is 5.32 Å². The molecule has 1 atom stereocenters. The molecule has 1 N–H and O–H groups in total. The molecular formula is C16H14BrNS. The number of halogens is 1. The molecule has 3 aromatic rings. The van der Waals surface area contributed by atoms with Crippen molar-refractivity contribution >= 4 is 38.0 Å². The molecule has 1 nitrogen and oxygen atoms in total. The second kappa shape index (κ2) is 5.45. The van der Waals surface area contributed by atoms with Gasteiger partial charge in [0.25, 0.3) is 0 Å². The predicted octanol–water partition coefficient (Wildman–Crippen LogP) is 4.97. The summed E-state index contributed by atoms with van der Waals surface area (Å²) in [5.41, 5.74) is 2.64. The lowest BCUT2D eigenvalue weighted by molar-refractivity contribution is 0.699. The molecular weight excluding hydrogens is 318 g/mol. The number of hydrogen-bond donors (Lipinski definition) is 1. The normalized spacial score (nSPS) is 12.7. The zero-order chi connectivity index (χ0) is 13.2. The van der Waals surface area contributed by atoms with Crippen molar-refractivity contribution in [3.8, 4) is 0 Å². The number of fused-ring (bicyclic) bond motifs is 1. The Hall–Kier alpha value is -1.16. The van der Waals surface area contributed by atoms with Crippen molar-refractivity contribution in [3.05, 3.63) is 68.8 Å². The van der Waals surface area contributed by atoms with Gasteiger partial charge in [-0.2, -0.15) is 11.3 Å². The number of benzene rings is 2. The van der Waals surface area contributed by atoms with Crippen LogP contribution in [0.5, 0.6) is 0 Å². The largest absolute Gasteiger partial charge is 0.309 e. The summed E-state index contributed by atoms with van der Waals surface area (Å²) in [6.45, 7) is 0. The van der Waals surface area contributed by atoms with Crippen molar-refractivity contribution in [2.45, 2.75) is 6.04 Å². The van der Waals surface area contributed by atoms with E-state index in [9.17, 15) is 0 Å². The lowest BCUT2D eigenvalue weighted by Gasteiger charge is -2.18. The minimum Gasteiger partial charge on any atom is -0.309 e. The fraction of sp³-hybridized carbons (Fsp3) is 0.125. The van der Waals surface area contributed by atoms with Crippen LogP contribution < -0.4 is 5.32 Å². The zero-order valence-corrected chi connectivity index (χ0v) is 13.0. The molecule has 2 aromatic carbocycles. The zero-order valence-electron chi connectivity index (χ0n) is 10.6. The average Bonchev–Trinajstić information content (AvgIpc) is 2.96. The van der Waals surface area contributed by atoms with Crippen molar-refractivity contribution in [3.63, 3.8) is 0 Å². The molecule has 1 heterocycles. The molecule has 3 heteroatoms. The highest BCUT2D eigenvalue weighted by Crippen LogP contribution is 2.33. The minimum absolute atomic E-state index is 0.240. The summed E-state index contributed by atoms with van der Waals surface area (Å²) < 4.78 is 1.15. The van der Waals surface area contributed by atoms with Gasteiger partial charge in [-0.05, 0) is 51.8 Å². The van der Waals surface area contributed by atoms with Crippen molar-refractivity contribution in [2.75, 3.05) is 7.05 Å². The monoisotopic (exact) mass is 331 g/mol. The lowest BCUT2D eigenvalue weighted by Crippen LogP contribution is -2.17. The van der Waals surface area contributed by atoms with Crippen molar-refractivity contribution < 1.29 is 0 Å². The van der Waals surface area contributed by atoms with Gasteiger partial charge in [0.15, 0.2) is 0 Å². The number of hydrogen-bond acceptors (Lipinski definition) is 2. The third-order valence-corrected chi connectivity index (χ3v) is 4.77. The van der Waals surface area contributed by atoms with Crippen LogP contribution in [0.4, 0.5) is 0 Å². The molecule has 0 radical (unpaired) electrons. The second-order valence-electron chi connectivity index (χ2n) is 4.46. The van der Waals surface area contributed by atoms with Gasteiger partial charge in [-0.1, -0.05) is 46.3 Å². The van der Waals surface area contributed by atoms with E-state index >= 15 is 0 Å². The van der Waals surface area contributed by atoms with Gasteiger partial charge in [-0.15, -0.1) is 0 Å². The Balaban J connectivity index is 2.22. The first kappa shape index (κ1) is 12.9. The van der Waals surface area contributed by atoms with Gasteiger partial charge in [-0.25, -0.2) is 0 Å². The summed E-state index contributed by atoms with van der Waals surface area (Å²) in [5.74, 6) is 0. The molecule has 1 aromatic heterocycles. The average molecular weight is 332 g/mol. The minimum atomic E-state index is 0.240. The molecule has 0 saturated heterocycles. The third kappa shape index (κ3) is 2.34. The van der Waals surface area contributed by atoms with Crippen molar-refractivity contribution in [1.29, 1.82) is 0 Å². The Morgan fingerprint density at radius 2 is 1.84 bits per heavy atom. The van der Waals surface area contributed by atoms with Gasteiger partial charge in [-0.3, -0.25) is 0 Å². The molecule has 0 amide bonds. The first-order chi connectivity index (χ1) is 9.31. The van der Waals surface area contributed by atoms with Crippen LogP contribution in [0.25, 0.3) is 10.8 Å². The van der Waals surface area contributed by atoms with E-state index in [4.69, 9.17) is 0 Å². The van der Waals surface area contributed by atoms with Crippen molar-refractivity contribution in [2.24, 2.45) is 0 Å². The van der Waals surface area contributed by atoms with Gasteiger partial charge in [0, 0.05) is 4.47 Å². The topological polar surface area (TPSA) is 12.0 Å². The smallest absolute Gasteiger partial charge is 0.0588 e. The molecule has 19 heavy (non-hydrogen) atoms. The summed E-state index contributed by atoms with van der Waals surface area (Å²) in [7, 11) is 2.01. The second-order valence-corrected chi connectivity index (χ2v) is 6.09. The van der Waals surface area contributed by atoms with E-state index < -0.39 is 0 Å². The van der Waals surface area contributed by atoms with Gasteiger partial charge >= 0.3 is 0 Å². The number of rotatable bonds is 3. The molecule has 0 bridgehead atoms. The molecule has 1 unspecified atom stereocenters. The van der Waals surface area contributed by atoms with Crippen LogP contribution >= 0.6 is 27.3 Å². The fourth-order valence-electron chi connectivity index (χ4n) is 2.48.